The SMILES string of the molecule is CC(C)[C@@H](NC(=O)O)C(=O)N1[C@@H]2CC2C[C@H]1c1nc(-c2ccc(-c3ccc(-c4c[nH]c([C@@H]5CC6C[C@H]6N5C(=O)[C@H](NC(=O)OC(C)(C)C)C(C)C)n4)cc3)cc2)c[nH]1. The van der Waals surface area contributed by atoms with Gasteiger partial charge in [-0.15, -0.1) is 0 Å². The monoisotopic (exact) mass is 790 g/mol. The van der Waals surface area contributed by atoms with Crippen LogP contribution >= 0.6 is 0 Å². The number of carbonyl (C=O) groups is 4. The molecule has 2 aromatic heterocycles. The van der Waals surface area contributed by atoms with Crippen LogP contribution in [0.1, 0.15) is 97.9 Å². The highest BCUT2D eigenvalue weighted by Crippen LogP contribution is 2.54. The quantitative estimate of drug-likeness (QED) is 0.105. The number of hydrogen-bond donors (Lipinski definition) is 5. The van der Waals surface area contributed by atoms with Crippen molar-refractivity contribution < 1.29 is 29.0 Å². The molecule has 2 saturated heterocycles. The first-order valence-electron chi connectivity index (χ1n) is 20.5. The van der Waals surface area contributed by atoms with Crippen LogP contribution in [0.25, 0.3) is 33.6 Å². The highest BCUT2D eigenvalue weighted by atomic mass is 16.6. The maximum atomic E-state index is 14.0. The van der Waals surface area contributed by atoms with Gasteiger partial charge in [0, 0.05) is 35.6 Å². The van der Waals surface area contributed by atoms with Gasteiger partial charge >= 0.3 is 12.2 Å². The van der Waals surface area contributed by atoms with Crippen LogP contribution in [0.5, 0.6) is 0 Å². The highest BCUT2D eigenvalue weighted by Gasteiger charge is 2.57. The summed E-state index contributed by atoms with van der Waals surface area (Å²) in [5.74, 6) is 1.72. The van der Waals surface area contributed by atoms with Gasteiger partial charge in [0.25, 0.3) is 0 Å². The van der Waals surface area contributed by atoms with Gasteiger partial charge in [-0.3, -0.25) is 9.59 Å². The molecule has 4 heterocycles. The topological polar surface area (TPSA) is 186 Å². The van der Waals surface area contributed by atoms with E-state index < -0.39 is 29.9 Å². The molecular formula is C44H54N8O6. The van der Waals surface area contributed by atoms with Gasteiger partial charge in [0.05, 0.1) is 23.5 Å². The molecule has 2 saturated carbocycles. The Morgan fingerprint density at radius 3 is 1.45 bits per heavy atom. The van der Waals surface area contributed by atoms with Crippen molar-refractivity contribution >= 4 is 24.0 Å². The van der Waals surface area contributed by atoms with Gasteiger partial charge in [-0.1, -0.05) is 76.2 Å². The molecule has 2 aliphatic heterocycles. The van der Waals surface area contributed by atoms with E-state index in [0.717, 1.165) is 65.1 Å². The van der Waals surface area contributed by atoms with Crippen LogP contribution in [0.4, 0.5) is 9.59 Å². The number of fused-ring (bicyclic) bond motifs is 2. The zero-order valence-electron chi connectivity index (χ0n) is 34.2. The van der Waals surface area contributed by atoms with Gasteiger partial charge in [-0.25, -0.2) is 19.6 Å². The third kappa shape index (κ3) is 7.80. The Labute approximate surface area is 338 Å². The summed E-state index contributed by atoms with van der Waals surface area (Å²) < 4.78 is 5.47. The van der Waals surface area contributed by atoms with E-state index in [1.807, 2.05) is 74.2 Å². The summed E-state index contributed by atoms with van der Waals surface area (Å²) in [4.78, 5) is 72.1. The summed E-state index contributed by atoms with van der Waals surface area (Å²) in [6.07, 6.45) is 5.51. The number of nitrogens with one attached hydrogen (secondary N) is 4. The summed E-state index contributed by atoms with van der Waals surface area (Å²) >= 11 is 0. The van der Waals surface area contributed by atoms with Crippen LogP contribution < -0.4 is 10.6 Å². The smallest absolute Gasteiger partial charge is 0.408 e. The minimum Gasteiger partial charge on any atom is -0.465 e. The lowest BCUT2D eigenvalue weighted by Gasteiger charge is -2.32. The Balaban J connectivity index is 0.924. The lowest BCUT2D eigenvalue weighted by molar-refractivity contribution is -0.137. The van der Waals surface area contributed by atoms with E-state index >= 15 is 0 Å². The first kappa shape index (κ1) is 39.2. The second-order valence-corrected chi connectivity index (χ2v) is 18.2. The maximum Gasteiger partial charge on any atom is 0.408 e. The van der Waals surface area contributed by atoms with E-state index in [4.69, 9.17) is 14.7 Å². The number of benzene rings is 2. The molecular weight excluding hydrogens is 737 g/mol. The zero-order chi connectivity index (χ0) is 41.2. The van der Waals surface area contributed by atoms with Gasteiger partial charge in [0.2, 0.25) is 11.8 Å². The highest BCUT2D eigenvalue weighted by molar-refractivity contribution is 5.88. The van der Waals surface area contributed by atoms with Gasteiger partial charge in [-0.2, -0.15) is 0 Å². The number of rotatable bonds is 11. The largest absolute Gasteiger partial charge is 0.465 e. The molecule has 58 heavy (non-hydrogen) atoms. The third-order valence-corrected chi connectivity index (χ3v) is 12.1. The molecule has 0 radical (unpaired) electrons. The van der Waals surface area contributed by atoms with E-state index in [1.165, 1.54) is 0 Å². The summed E-state index contributed by atoms with van der Waals surface area (Å²) in [7, 11) is 0. The molecule has 2 aliphatic carbocycles. The number of carboxylic acid groups (broad SMARTS) is 1. The summed E-state index contributed by atoms with van der Waals surface area (Å²) in [6, 6.07) is 14.8. The van der Waals surface area contributed by atoms with Crippen molar-refractivity contribution in [3.8, 4) is 33.6 Å². The van der Waals surface area contributed by atoms with Gasteiger partial charge in [0.1, 0.15) is 29.3 Å². The summed E-state index contributed by atoms with van der Waals surface area (Å²) in [6.45, 7) is 13.0. The van der Waals surface area contributed by atoms with Crippen molar-refractivity contribution in [3.63, 3.8) is 0 Å². The molecule has 14 nitrogen and oxygen atoms in total. The van der Waals surface area contributed by atoms with Gasteiger partial charge in [0.15, 0.2) is 0 Å². The van der Waals surface area contributed by atoms with Crippen molar-refractivity contribution in [1.29, 1.82) is 0 Å². The Morgan fingerprint density at radius 1 is 0.672 bits per heavy atom. The first-order valence-corrected chi connectivity index (χ1v) is 20.5. The van der Waals surface area contributed by atoms with Crippen molar-refractivity contribution in [1.82, 2.24) is 40.4 Å². The fourth-order valence-electron chi connectivity index (χ4n) is 8.93. The Kier molecular flexibility index (Phi) is 10.1. The van der Waals surface area contributed by atoms with Crippen LogP contribution in [0.15, 0.2) is 60.9 Å². The molecule has 4 aliphatic rings. The van der Waals surface area contributed by atoms with Crippen molar-refractivity contribution in [2.75, 3.05) is 0 Å². The fraction of sp³-hybridized carbons (Fsp3) is 0.500. The molecule has 4 aromatic rings. The summed E-state index contributed by atoms with van der Waals surface area (Å²) in [5.41, 5.74) is 4.90. The number of nitrogens with zero attached hydrogens (tertiary/aromatic N) is 4. The van der Waals surface area contributed by atoms with Crippen LogP contribution in [0, 0.1) is 23.7 Å². The molecule has 0 bridgehead atoms. The third-order valence-electron chi connectivity index (χ3n) is 12.1. The molecule has 4 fully saturated rings. The Bertz CT molecular complexity index is 2190. The number of piperidine rings is 2. The zero-order valence-corrected chi connectivity index (χ0v) is 34.2. The number of hydrogen-bond acceptors (Lipinski definition) is 7. The number of carbonyl (C=O) groups excluding carboxylic acids is 3. The number of imidazole rings is 2. The van der Waals surface area contributed by atoms with E-state index in [9.17, 15) is 24.3 Å². The number of amides is 4. The average Bonchev–Trinajstić information content (AvgIpc) is 3.76. The number of aromatic nitrogens is 4. The lowest BCUT2D eigenvalue weighted by atomic mass is 10.0. The van der Waals surface area contributed by atoms with E-state index in [1.54, 1.807) is 20.8 Å². The molecule has 8 atom stereocenters. The first-order chi connectivity index (χ1) is 27.6. The van der Waals surface area contributed by atoms with Crippen LogP contribution in [0.3, 0.4) is 0 Å². The molecule has 0 spiro atoms. The maximum absolute atomic E-state index is 14.0. The summed E-state index contributed by atoms with van der Waals surface area (Å²) in [5, 5.41) is 14.6. The molecule has 4 amide bonds. The van der Waals surface area contributed by atoms with Gasteiger partial charge in [-0.05, 0) is 81.3 Å². The molecule has 2 unspecified atom stereocenters. The second-order valence-electron chi connectivity index (χ2n) is 18.2. The van der Waals surface area contributed by atoms with Crippen LogP contribution in [-0.4, -0.2) is 88.6 Å². The second kappa shape index (κ2) is 14.9. The van der Waals surface area contributed by atoms with Crippen molar-refractivity contribution in [3.05, 3.63) is 72.6 Å². The van der Waals surface area contributed by atoms with E-state index in [2.05, 4.69) is 44.9 Å². The predicted octanol–water partition coefficient (Wildman–Crippen LogP) is 7.30. The van der Waals surface area contributed by atoms with Crippen LogP contribution in [0.2, 0.25) is 0 Å². The van der Waals surface area contributed by atoms with Gasteiger partial charge < -0.3 is 40.2 Å². The molecule has 14 heteroatoms. The standard InChI is InChI=1S/C44H54N8O6/c1-22(2)36(49-42(55)56)40(53)51-32-16-28(32)18-34(51)38-45-20-30(47-38)26-12-8-24(9-13-26)25-10-14-27(15-11-25)31-21-46-39(48-31)35-19-29-17-33(29)52(35)41(54)37(23(3)4)50-43(57)58-44(5,6)7/h8-15,20-23,28-29,32-37,49H,16-19H2,1-7H3,(H,45,47)(H,46,48)(H,50,57)(H,55,56)/t28?,29?,32-,33-,34+,35+,36-,37-/m1/s1. The number of aromatic amines is 2. The minimum atomic E-state index is -1.20. The number of ether oxygens (including phenoxy) is 1. The van der Waals surface area contributed by atoms with Crippen molar-refractivity contribution in [2.24, 2.45) is 23.7 Å². The molecule has 5 N–H and O–H groups in total. The molecule has 2 aromatic carbocycles. The Hall–Kier alpha value is -5.66. The van der Waals surface area contributed by atoms with Crippen LogP contribution in [-0.2, 0) is 14.3 Å². The van der Waals surface area contributed by atoms with Crippen molar-refractivity contribution in [2.45, 2.75) is 116 Å². The van der Waals surface area contributed by atoms with E-state index in [0.29, 0.717) is 17.7 Å². The number of H-pyrrole nitrogens is 2. The number of alkyl carbamates (subject to hydrolysis) is 1. The predicted molar refractivity (Wildman–Crippen MR) is 217 cm³/mol. The Morgan fingerprint density at radius 2 is 1.07 bits per heavy atom. The lowest BCUT2D eigenvalue weighted by Crippen LogP contribution is -2.52. The number of likely N-dealkylation sites (tertiary alicyclic amines) is 2. The molecule has 306 valence electrons. The van der Waals surface area contributed by atoms with E-state index in [-0.39, 0.29) is 47.8 Å². The minimum absolute atomic E-state index is 0.104. The average molecular weight is 791 g/mol. The molecule has 8 rings (SSSR count). The normalized spacial score (nSPS) is 24.3. The fourth-order valence-corrected chi connectivity index (χ4v) is 8.93.